The molecule has 1 fully saturated rings. The van der Waals surface area contributed by atoms with Gasteiger partial charge in [-0.1, -0.05) is 31.5 Å². The van der Waals surface area contributed by atoms with Crippen LogP contribution in [-0.2, 0) is 0 Å². The third kappa shape index (κ3) is 3.39. The van der Waals surface area contributed by atoms with Crippen LogP contribution < -0.4 is 10.1 Å². The summed E-state index contributed by atoms with van der Waals surface area (Å²) in [5, 5.41) is 4.08. The molecule has 0 aromatic heterocycles. The van der Waals surface area contributed by atoms with Crippen LogP contribution in [0.15, 0.2) is 18.2 Å². The van der Waals surface area contributed by atoms with E-state index in [-0.39, 0.29) is 6.10 Å². The first-order valence-electron chi connectivity index (χ1n) is 6.87. The van der Waals surface area contributed by atoms with Crippen LogP contribution in [0, 0.1) is 0 Å². The molecule has 2 atom stereocenters. The molecule has 0 aliphatic carbocycles. The number of ether oxygens (including phenoxy) is 1. The molecule has 0 spiro atoms. The van der Waals surface area contributed by atoms with E-state index in [1.54, 1.807) is 0 Å². The molecule has 0 amide bonds. The second-order valence-electron chi connectivity index (χ2n) is 5.09. The number of rotatable bonds is 4. The van der Waals surface area contributed by atoms with Crippen LogP contribution in [0.1, 0.15) is 44.6 Å². The zero-order chi connectivity index (χ0) is 13.0. The Balaban J connectivity index is 2.04. The first-order chi connectivity index (χ1) is 8.70. The second-order valence-corrected chi connectivity index (χ2v) is 5.49. The lowest BCUT2D eigenvalue weighted by molar-refractivity contribution is 0.167. The van der Waals surface area contributed by atoms with Gasteiger partial charge < -0.3 is 10.1 Å². The number of hydrogen-bond acceptors (Lipinski definition) is 2. The third-order valence-corrected chi connectivity index (χ3v) is 3.98. The maximum absolute atomic E-state index is 6.30. The summed E-state index contributed by atoms with van der Waals surface area (Å²) in [7, 11) is 0. The quantitative estimate of drug-likeness (QED) is 0.891. The summed E-state index contributed by atoms with van der Waals surface area (Å²) < 4.78 is 5.96. The van der Waals surface area contributed by atoms with Gasteiger partial charge in [-0.25, -0.2) is 0 Å². The molecular weight excluding hydrogens is 246 g/mol. The van der Waals surface area contributed by atoms with Crippen molar-refractivity contribution in [3.63, 3.8) is 0 Å². The molecule has 1 heterocycles. The van der Waals surface area contributed by atoms with Gasteiger partial charge in [0.25, 0.3) is 0 Å². The predicted octanol–water partition coefficient (Wildman–Crippen LogP) is 3.98. The Morgan fingerprint density at radius 2 is 2.33 bits per heavy atom. The summed E-state index contributed by atoms with van der Waals surface area (Å²) in [6.07, 6.45) is 3.66. The third-order valence-electron chi connectivity index (χ3n) is 3.68. The molecule has 100 valence electrons. The van der Waals surface area contributed by atoms with Gasteiger partial charge in [0, 0.05) is 6.54 Å². The fourth-order valence-electron chi connectivity index (χ4n) is 2.25. The largest absolute Gasteiger partial charge is 0.488 e. The summed E-state index contributed by atoms with van der Waals surface area (Å²) >= 11 is 6.30. The first kappa shape index (κ1) is 13.7. The van der Waals surface area contributed by atoms with Crippen molar-refractivity contribution in [2.75, 3.05) is 13.1 Å². The number of benzene rings is 1. The van der Waals surface area contributed by atoms with Gasteiger partial charge in [0.15, 0.2) is 0 Å². The van der Waals surface area contributed by atoms with E-state index >= 15 is 0 Å². The van der Waals surface area contributed by atoms with E-state index in [9.17, 15) is 0 Å². The van der Waals surface area contributed by atoms with Gasteiger partial charge in [-0.05, 0) is 49.4 Å². The predicted molar refractivity (Wildman–Crippen MR) is 76.7 cm³/mol. The minimum atomic E-state index is 0.255. The van der Waals surface area contributed by atoms with Crippen LogP contribution >= 0.6 is 11.6 Å². The molecule has 1 aliphatic heterocycles. The summed E-state index contributed by atoms with van der Waals surface area (Å²) in [6, 6.07) is 6.19. The van der Waals surface area contributed by atoms with Crippen LogP contribution in [0.5, 0.6) is 5.75 Å². The molecule has 0 radical (unpaired) electrons. The molecule has 0 bridgehead atoms. The van der Waals surface area contributed by atoms with Crippen LogP contribution in [0.3, 0.4) is 0 Å². The van der Waals surface area contributed by atoms with Crippen molar-refractivity contribution in [3.8, 4) is 5.75 Å². The van der Waals surface area contributed by atoms with E-state index in [4.69, 9.17) is 16.3 Å². The highest BCUT2D eigenvalue weighted by Gasteiger charge is 2.16. The Morgan fingerprint density at radius 3 is 2.94 bits per heavy atom. The van der Waals surface area contributed by atoms with Crippen LogP contribution in [-0.4, -0.2) is 19.2 Å². The molecule has 2 rings (SSSR count). The molecule has 1 aromatic carbocycles. The van der Waals surface area contributed by atoms with Crippen molar-refractivity contribution in [1.29, 1.82) is 0 Å². The van der Waals surface area contributed by atoms with Crippen LogP contribution in [0.4, 0.5) is 0 Å². The van der Waals surface area contributed by atoms with Gasteiger partial charge in [0.05, 0.1) is 5.02 Å². The Bertz CT molecular complexity index is 388. The molecule has 1 N–H and O–H groups in total. The molecular formula is C15H22ClNO. The van der Waals surface area contributed by atoms with E-state index in [2.05, 4.69) is 25.2 Å². The van der Waals surface area contributed by atoms with Crippen molar-refractivity contribution in [2.45, 2.75) is 45.1 Å². The Labute approximate surface area is 115 Å². The van der Waals surface area contributed by atoms with Gasteiger partial charge >= 0.3 is 0 Å². The first-order valence-corrected chi connectivity index (χ1v) is 7.25. The fraction of sp³-hybridized carbons (Fsp3) is 0.600. The summed E-state index contributed by atoms with van der Waals surface area (Å²) in [6.45, 7) is 6.43. The topological polar surface area (TPSA) is 21.3 Å². The van der Waals surface area contributed by atoms with Crippen LogP contribution in [0.2, 0.25) is 5.02 Å². The summed E-state index contributed by atoms with van der Waals surface area (Å²) in [5.41, 5.74) is 1.29. The van der Waals surface area contributed by atoms with Crippen molar-refractivity contribution in [3.05, 3.63) is 28.8 Å². The normalized spacial score (nSPS) is 21.6. The minimum Gasteiger partial charge on any atom is -0.488 e. The molecule has 2 nitrogen and oxygen atoms in total. The molecule has 1 aromatic rings. The van der Waals surface area contributed by atoms with Crippen molar-refractivity contribution < 1.29 is 4.74 Å². The highest BCUT2D eigenvalue weighted by Crippen LogP contribution is 2.30. The zero-order valence-electron chi connectivity index (χ0n) is 11.2. The van der Waals surface area contributed by atoms with E-state index < -0.39 is 0 Å². The molecule has 1 saturated heterocycles. The number of halogens is 1. The zero-order valence-corrected chi connectivity index (χ0v) is 12.0. The maximum atomic E-state index is 6.30. The summed E-state index contributed by atoms with van der Waals surface area (Å²) in [4.78, 5) is 0. The standard InChI is InChI=1S/C15H22ClNO/c1-3-11(2)12-6-7-15(14(16)9-12)18-13-5-4-8-17-10-13/h6-7,9,11,13,17H,3-5,8,10H2,1-2H3/t11-,13-/m1/s1. The fourth-order valence-corrected chi connectivity index (χ4v) is 2.49. The number of nitrogens with one attached hydrogen (secondary N) is 1. The van der Waals surface area contributed by atoms with Crippen molar-refractivity contribution >= 4 is 11.6 Å². The monoisotopic (exact) mass is 267 g/mol. The number of hydrogen-bond donors (Lipinski definition) is 1. The summed E-state index contributed by atoms with van der Waals surface area (Å²) in [5.74, 6) is 1.37. The van der Waals surface area contributed by atoms with Gasteiger partial charge in [-0.2, -0.15) is 0 Å². The lowest BCUT2D eigenvalue weighted by Gasteiger charge is -2.24. The molecule has 3 heteroatoms. The molecule has 18 heavy (non-hydrogen) atoms. The van der Waals surface area contributed by atoms with E-state index in [0.29, 0.717) is 5.92 Å². The Hall–Kier alpha value is -0.730. The average Bonchev–Trinajstić information content (AvgIpc) is 2.41. The molecule has 0 saturated carbocycles. The Kier molecular flexibility index (Phi) is 4.90. The van der Waals surface area contributed by atoms with Gasteiger partial charge in [0.2, 0.25) is 0 Å². The van der Waals surface area contributed by atoms with E-state index in [0.717, 1.165) is 36.7 Å². The van der Waals surface area contributed by atoms with Crippen molar-refractivity contribution in [1.82, 2.24) is 5.32 Å². The average molecular weight is 268 g/mol. The van der Waals surface area contributed by atoms with Gasteiger partial charge in [-0.3, -0.25) is 0 Å². The van der Waals surface area contributed by atoms with Crippen molar-refractivity contribution in [2.24, 2.45) is 0 Å². The Morgan fingerprint density at radius 1 is 1.50 bits per heavy atom. The lowest BCUT2D eigenvalue weighted by atomic mass is 9.99. The lowest BCUT2D eigenvalue weighted by Crippen LogP contribution is -2.37. The number of piperidine rings is 1. The van der Waals surface area contributed by atoms with E-state index in [1.165, 1.54) is 12.0 Å². The highest BCUT2D eigenvalue weighted by molar-refractivity contribution is 6.32. The van der Waals surface area contributed by atoms with Gasteiger partial charge in [0.1, 0.15) is 11.9 Å². The van der Waals surface area contributed by atoms with Crippen LogP contribution in [0.25, 0.3) is 0 Å². The molecule has 0 unspecified atom stereocenters. The van der Waals surface area contributed by atoms with E-state index in [1.807, 2.05) is 12.1 Å². The SMILES string of the molecule is CC[C@@H](C)c1ccc(O[C@@H]2CCCNC2)c(Cl)c1. The van der Waals surface area contributed by atoms with Gasteiger partial charge in [-0.15, -0.1) is 0 Å². The minimum absolute atomic E-state index is 0.255. The highest BCUT2D eigenvalue weighted by atomic mass is 35.5. The smallest absolute Gasteiger partial charge is 0.138 e. The second kappa shape index (κ2) is 6.44. The maximum Gasteiger partial charge on any atom is 0.138 e. The molecule has 1 aliphatic rings.